The summed E-state index contributed by atoms with van der Waals surface area (Å²) in [6, 6.07) is 0. The summed E-state index contributed by atoms with van der Waals surface area (Å²) in [5.74, 6) is 0.255. The minimum atomic E-state index is -0.614. The number of aliphatic hydroxyl groups is 1. The highest BCUT2D eigenvalue weighted by Crippen LogP contribution is 2.27. The van der Waals surface area contributed by atoms with Crippen LogP contribution in [0, 0.1) is 0 Å². The highest BCUT2D eigenvalue weighted by molar-refractivity contribution is 5.94. The van der Waals surface area contributed by atoms with E-state index >= 15 is 0 Å². The van der Waals surface area contributed by atoms with E-state index in [4.69, 9.17) is 14.6 Å². The number of hydrogen-bond donors (Lipinski definition) is 2. The number of nitrogens with zero attached hydrogens (tertiary/aromatic N) is 3. The zero-order valence-corrected chi connectivity index (χ0v) is 9.70. The fourth-order valence-corrected chi connectivity index (χ4v) is 1.79. The molecule has 0 bridgehead atoms. The summed E-state index contributed by atoms with van der Waals surface area (Å²) in [6.45, 7) is -0.197. The fourth-order valence-electron chi connectivity index (χ4n) is 1.79. The van der Waals surface area contributed by atoms with Gasteiger partial charge in [0.2, 0.25) is 0 Å². The molecule has 0 spiro atoms. The molecule has 0 saturated carbocycles. The van der Waals surface area contributed by atoms with Crippen LogP contribution >= 0.6 is 0 Å². The van der Waals surface area contributed by atoms with Gasteiger partial charge in [-0.05, 0) is 0 Å². The molecular weight excluding hydrogens is 256 g/mol. The summed E-state index contributed by atoms with van der Waals surface area (Å²) < 4.78 is 9.96. The lowest BCUT2D eigenvalue weighted by Gasteiger charge is -2.18. The van der Waals surface area contributed by atoms with E-state index in [0.29, 0.717) is 0 Å². The maximum absolute atomic E-state index is 11.6. The number of hydrogen-bond acceptors (Lipinski definition) is 7. The van der Waals surface area contributed by atoms with Crippen LogP contribution in [-0.4, -0.2) is 52.9 Å². The van der Waals surface area contributed by atoms with Crippen molar-refractivity contribution in [1.29, 1.82) is 0 Å². The molecule has 0 unspecified atom stereocenters. The second-order valence-corrected chi connectivity index (χ2v) is 4.02. The van der Waals surface area contributed by atoms with Crippen molar-refractivity contribution in [1.82, 2.24) is 9.97 Å². The molecule has 3 heterocycles. The van der Waals surface area contributed by atoms with E-state index in [1.54, 1.807) is 0 Å². The standard InChI is InChI=1S/C10H10N4O5/c15-3-5-2-14(10(17)19-5)6-1-11-9-8(12-6)13-7(16)4-18-9/h1,5,15H,2-4H2,(H,12,13,16)/t5-/m0/s1. The number of carbonyl (C=O) groups is 2. The number of amides is 2. The van der Waals surface area contributed by atoms with Gasteiger partial charge in [0.15, 0.2) is 18.2 Å². The first kappa shape index (κ1) is 11.7. The second kappa shape index (κ2) is 4.35. The minimum absolute atomic E-state index is 0.112. The largest absolute Gasteiger partial charge is 0.465 e. The predicted octanol–water partition coefficient (Wildman–Crippen LogP) is -0.875. The summed E-state index contributed by atoms with van der Waals surface area (Å²) in [5.41, 5.74) is 0. The van der Waals surface area contributed by atoms with Gasteiger partial charge in [0, 0.05) is 0 Å². The highest BCUT2D eigenvalue weighted by atomic mass is 16.6. The molecule has 2 N–H and O–H groups in total. The number of cyclic esters (lactones) is 1. The van der Waals surface area contributed by atoms with Crippen LogP contribution in [0.3, 0.4) is 0 Å². The average molecular weight is 266 g/mol. The van der Waals surface area contributed by atoms with Crippen molar-refractivity contribution in [2.45, 2.75) is 6.10 Å². The van der Waals surface area contributed by atoms with Crippen LogP contribution in [0.5, 0.6) is 5.88 Å². The van der Waals surface area contributed by atoms with Gasteiger partial charge in [0.1, 0.15) is 6.10 Å². The molecule has 1 saturated heterocycles. The Morgan fingerprint density at radius 1 is 1.53 bits per heavy atom. The molecule has 0 aliphatic carbocycles. The van der Waals surface area contributed by atoms with Crippen molar-refractivity contribution in [2.75, 3.05) is 30.0 Å². The first-order valence-corrected chi connectivity index (χ1v) is 5.56. The lowest BCUT2D eigenvalue weighted by Crippen LogP contribution is -2.30. The Kier molecular flexibility index (Phi) is 2.67. The maximum atomic E-state index is 11.6. The molecule has 1 atom stereocenters. The van der Waals surface area contributed by atoms with E-state index < -0.39 is 12.2 Å². The van der Waals surface area contributed by atoms with Gasteiger partial charge in [-0.15, -0.1) is 0 Å². The number of anilines is 2. The van der Waals surface area contributed by atoms with Gasteiger partial charge in [0.25, 0.3) is 11.8 Å². The number of ether oxygens (including phenoxy) is 2. The third kappa shape index (κ3) is 2.03. The molecule has 1 aromatic heterocycles. The molecule has 100 valence electrons. The molecular formula is C10H10N4O5. The van der Waals surface area contributed by atoms with E-state index in [9.17, 15) is 9.59 Å². The average Bonchev–Trinajstić information content (AvgIpc) is 2.79. The first-order valence-electron chi connectivity index (χ1n) is 5.56. The van der Waals surface area contributed by atoms with E-state index in [1.807, 2.05) is 0 Å². The first-order chi connectivity index (χ1) is 9.17. The SMILES string of the molecule is O=C1COc2ncc(N3C[C@@H](CO)OC3=O)nc2N1. The van der Waals surface area contributed by atoms with Crippen molar-refractivity contribution in [3.63, 3.8) is 0 Å². The number of carbonyl (C=O) groups excluding carboxylic acids is 2. The number of nitrogens with one attached hydrogen (secondary N) is 1. The third-order valence-corrected chi connectivity index (χ3v) is 2.68. The zero-order valence-electron chi connectivity index (χ0n) is 9.70. The highest BCUT2D eigenvalue weighted by Gasteiger charge is 2.33. The molecule has 0 radical (unpaired) electrons. The van der Waals surface area contributed by atoms with Gasteiger partial charge in [-0.3, -0.25) is 9.69 Å². The summed E-state index contributed by atoms with van der Waals surface area (Å²) in [6.07, 6.45) is 0.143. The van der Waals surface area contributed by atoms with Gasteiger partial charge in [-0.2, -0.15) is 0 Å². The number of aromatic nitrogens is 2. The molecule has 2 amide bonds. The van der Waals surface area contributed by atoms with Crippen LogP contribution in [0.2, 0.25) is 0 Å². The molecule has 1 fully saturated rings. The van der Waals surface area contributed by atoms with E-state index in [0.717, 1.165) is 0 Å². The van der Waals surface area contributed by atoms with Crippen LogP contribution in [-0.2, 0) is 9.53 Å². The Hall–Kier alpha value is -2.42. The summed E-state index contributed by atoms with van der Waals surface area (Å²) in [7, 11) is 0. The van der Waals surface area contributed by atoms with Crippen molar-refractivity contribution in [2.24, 2.45) is 0 Å². The van der Waals surface area contributed by atoms with Gasteiger partial charge in [0.05, 0.1) is 19.3 Å². The second-order valence-electron chi connectivity index (χ2n) is 4.02. The number of rotatable bonds is 2. The van der Waals surface area contributed by atoms with Crippen molar-refractivity contribution in [3.05, 3.63) is 6.20 Å². The molecule has 19 heavy (non-hydrogen) atoms. The quantitative estimate of drug-likeness (QED) is 0.714. The fraction of sp³-hybridized carbons (Fsp3) is 0.400. The Morgan fingerprint density at radius 3 is 3.11 bits per heavy atom. The Morgan fingerprint density at radius 2 is 2.37 bits per heavy atom. The Balaban J connectivity index is 1.88. The van der Waals surface area contributed by atoms with E-state index in [1.165, 1.54) is 11.1 Å². The van der Waals surface area contributed by atoms with Crippen LogP contribution < -0.4 is 15.0 Å². The van der Waals surface area contributed by atoms with Crippen LogP contribution in [0.15, 0.2) is 6.20 Å². The van der Waals surface area contributed by atoms with Crippen molar-refractivity contribution < 1.29 is 24.2 Å². The number of aliphatic hydroxyl groups excluding tert-OH is 1. The molecule has 2 aliphatic heterocycles. The molecule has 9 heteroatoms. The van der Waals surface area contributed by atoms with Crippen molar-refractivity contribution >= 4 is 23.6 Å². The lowest BCUT2D eigenvalue weighted by atomic mass is 10.4. The third-order valence-electron chi connectivity index (χ3n) is 2.68. The Labute approximate surface area is 107 Å². The molecule has 3 rings (SSSR count). The molecule has 0 aromatic carbocycles. The van der Waals surface area contributed by atoms with E-state index in [-0.39, 0.29) is 43.2 Å². The monoisotopic (exact) mass is 266 g/mol. The van der Waals surface area contributed by atoms with Gasteiger partial charge in [-0.1, -0.05) is 0 Å². The van der Waals surface area contributed by atoms with Gasteiger partial charge >= 0.3 is 6.09 Å². The molecule has 9 nitrogen and oxygen atoms in total. The summed E-state index contributed by atoms with van der Waals surface area (Å²) >= 11 is 0. The summed E-state index contributed by atoms with van der Waals surface area (Å²) in [4.78, 5) is 32.1. The minimum Gasteiger partial charge on any atom is -0.465 e. The molecule has 1 aromatic rings. The smallest absolute Gasteiger partial charge is 0.416 e. The maximum Gasteiger partial charge on any atom is 0.416 e. The molecule has 2 aliphatic rings. The normalized spacial score (nSPS) is 21.5. The van der Waals surface area contributed by atoms with E-state index in [2.05, 4.69) is 15.3 Å². The van der Waals surface area contributed by atoms with Gasteiger partial charge in [-0.25, -0.2) is 14.8 Å². The lowest BCUT2D eigenvalue weighted by molar-refractivity contribution is -0.118. The van der Waals surface area contributed by atoms with Crippen LogP contribution in [0.4, 0.5) is 16.4 Å². The van der Waals surface area contributed by atoms with Crippen LogP contribution in [0.1, 0.15) is 0 Å². The summed E-state index contributed by atoms with van der Waals surface area (Å²) in [5, 5.41) is 11.5. The van der Waals surface area contributed by atoms with Gasteiger partial charge < -0.3 is 19.9 Å². The topological polar surface area (TPSA) is 114 Å². The predicted molar refractivity (Wildman–Crippen MR) is 60.9 cm³/mol. The zero-order chi connectivity index (χ0) is 13.4. The van der Waals surface area contributed by atoms with Crippen LogP contribution in [0.25, 0.3) is 0 Å². The van der Waals surface area contributed by atoms with Crippen molar-refractivity contribution in [3.8, 4) is 5.88 Å². The Bertz CT molecular complexity index is 549. The number of fused-ring (bicyclic) bond motifs is 1.